The van der Waals surface area contributed by atoms with Crippen molar-refractivity contribution in [3.63, 3.8) is 0 Å². The number of aliphatic hydroxyl groups is 1. The third kappa shape index (κ3) is 3.53. The summed E-state index contributed by atoms with van der Waals surface area (Å²) in [7, 11) is 0. The summed E-state index contributed by atoms with van der Waals surface area (Å²) in [5.41, 5.74) is -0.924. The van der Waals surface area contributed by atoms with Gasteiger partial charge in [0.2, 0.25) is 5.88 Å². The molecule has 0 saturated carbocycles. The van der Waals surface area contributed by atoms with Gasteiger partial charge in [-0.25, -0.2) is 4.98 Å². The fraction of sp³-hybridized carbons (Fsp3) is 0.444. The standard InChI is InChI=1S/C9H9ClF3NO2/c10-7-4-6(9(11,12)13)5-14-8(7)16-3-1-2-15/h4-5,15H,1-3H2. The number of hydrogen-bond donors (Lipinski definition) is 1. The molecule has 0 aliphatic heterocycles. The minimum atomic E-state index is -4.47. The predicted molar refractivity (Wildman–Crippen MR) is 51.4 cm³/mol. The van der Waals surface area contributed by atoms with Crippen molar-refractivity contribution in [3.8, 4) is 5.88 Å². The van der Waals surface area contributed by atoms with Gasteiger partial charge in [0.25, 0.3) is 0 Å². The molecule has 0 unspecified atom stereocenters. The predicted octanol–water partition coefficient (Wildman–Crippen LogP) is 2.52. The van der Waals surface area contributed by atoms with Crippen LogP contribution < -0.4 is 4.74 Å². The first-order valence-electron chi connectivity index (χ1n) is 4.41. The van der Waals surface area contributed by atoms with Gasteiger partial charge < -0.3 is 9.84 Å². The molecule has 7 heteroatoms. The van der Waals surface area contributed by atoms with Gasteiger partial charge in [-0.05, 0) is 6.07 Å². The molecule has 0 amide bonds. The lowest BCUT2D eigenvalue weighted by atomic mass is 10.3. The van der Waals surface area contributed by atoms with Crippen LogP contribution in [-0.2, 0) is 6.18 Å². The molecule has 0 aliphatic carbocycles. The number of hydrogen-bond acceptors (Lipinski definition) is 3. The Morgan fingerprint density at radius 1 is 1.44 bits per heavy atom. The van der Waals surface area contributed by atoms with Crippen LogP contribution in [0.25, 0.3) is 0 Å². The Balaban J connectivity index is 2.76. The van der Waals surface area contributed by atoms with E-state index in [-0.39, 0.29) is 24.1 Å². The lowest BCUT2D eigenvalue weighted by Crippen LogP contribution is -2.07. The minimum Gasteiger partial charge on any atom is -0.477 e. The van der Waals surface area contributed by atoms with Crippen LogP contribution in [0.1, 0.15) is 12.0 Å². The number of pyridine rings is 1. The molecule has 0 aromatic carbocycles. The monoisotopic (exact) mass is 255 g/mol. The molecule has 1 aromatic rings. The molecule has 16 heavy (non-hydrogen) atoms. The Morgan fingerprint density at radius 2 is 2.12 bits per heavy atom. The molecule has 1 aromatic heterocycles. The van der Waals surface area contributed by atoms with Gasteiger partial charge in [-0.1, -0.05) is 11.6 Å². The maximum atomic E-state index is 12.2. The Kier molecular flexibility index (Phi) is 4.37. The first-order chi connectivity index (χ1) is 7.45. The summed E-state index contributed by atoms with van der Waals surface area (Å²) in [6.45, 7) is 0.0762. The maximum Gasteiger partial charge on any atom is 0.417 e. The molecule has 1 rings (SSSR count). The Labute approximate surface area is 94.8 Å². The molecule has 0 fully saturated rings. The van der Waals surface area contributed by atoms with Gasteiger partial charge >= 0.3 is 6.18 Å². The van der Waals surface area contributed by atoms with E-state index in [1.165, 1.54) is 0 Å². The summed E-state index contributed by atoms with van der Waals surface area (Å²) >= 11 is 5.56. The molecule has 0 aliphatic rings. The molecular weight excluding hydrogens is 247 g/mol. The van der Waals surface area contributed by atoms with Gasteiger partial charge in [0, 0.05) is 19.2 Å². The van der Waals surface area contributed by atoms with Gasteiger partial charge in [-0.2, -0.15) is 13.2 Å². The van der Waals surface area contributed by atoms with Crippen molar-refractivity contribution in [1.82, 2.24) is 4.98 Å². The van der Waals surface area contributed by atoms with E-state index in [0.717, 1.165) is 6.07 Å². The first-order valence-corrected chi connectivity index (χ1v) is 4.79. The molecule has 3 nitrogen and oxygen atoms in total. The summed E-state index contributed by atoms with van der Waals surface area (Å²) in [4.78, 5) is 3.46. The molecule has 0 atom stereocenters. The van der Waals surface area contributed by atoms with E-state index < -0.39 is 11.7 Å². The number of alkyl halides is 3. The number of halogens is 4. The van der Waals surface area contributed by atoms with Crippen LogP contribution in [0.2, 0.25) is 5.02 Å². The summed E-state index contributed by atoms with van der Waals surface area (Å²) in [5, 5.41) is 8.28. The maximum absolute atomic E-state index is 12.2. The molecule has 90 valence electrons. The van der Waals surface area contributed by atoms with Crippen molar-refractivity contribution >= 4 is 11.6 Å². The molecule has 0 spiro atoms. The van der Waals surface area contributed by atoms with E-state index in [2.05, 4.69) is 4.98 Å². The molecular formula is C9H9ClF3NO2. The van der Waals surface area contributed by atoms with Crippen molar-refractivity contribution in [3.05, 3.63) is 22.8 Å². The summed E-state index contributed by atoms with van der Waals surface area (Å²) < 4.78 is 41.7. The van der Waals surface area contributed by atoms with Crippen molar-refractivity contribution in [1.29, 1.82) is 0 Å². The normalized spacial score (nSPS) is 11.6. The highest BCUT2D eigenvalue weighted by molar-refractivity contribution is 6.31. The van der Waals surface area contributed by atoms with E-state index in [0.29, 0.717) is 12.6 Å². The van der Waals surface area contributed by atoms with Crippen molar-refractivity contribution in [2.75, 3.05) is 13.2 Å². The summed E-state index contributed by atoms with van der Waals surface area (Å²) in [6.07, 6.45) is -3.46. The third-order valence-corrected chi connectivity index (χ3v) is 1.95. The lowest BCUT2D eigenvalue weighted by molar-refractivity contribution is -0.137. The van der Waals surface area contributed by atoms with E-state index in [4.69, 9.17) is 21.4 Å². The van der Waals surface area contributed by atoms with Gasteiger partial charge in [-0.15, -0.1) is 0 Å². The fourth-order valence-corrected chi connectivity index (χ4v) is 1.14. The number of rotatable bonds is 4. The quantitative estimate of drug-likeness (QED) is 0.841. The highest BCUT2D eigenvalue weighted by atomic mass is 35.5. The minimum absolute atomic E-state index is 0.0666. The smallest absolute Gasteiger partial charge is 0.417 e. The molecule has 1 heterocycles. The van der Waals surface area contributed by atoms with Crippen molar-refractivity contribution in [2.45, 2.75) is 12.6 Å². The first kappa shape index (κ1) is 13.1. The van der Waals surface area contributed by atoms with Gasteiger partial charge in [0.15, 0.2) is 0 Å². The molecule has 0 bridgehead atoms. The second-order valence-corrected chi connectivity index (χ2v) is 3.34. The number of nitrogens with zero attached hydrogens (tertiary/aromatic N) is 1. The van der Waals surface area contributed by atoms with E-state index >= 15 is 0 Å². The van der Waals surface area contributed by atoms with Crippen LogP contribution in [0.15, 0.2) is 12.3 Å². The van der Waals surface area contributed by atoms with Crippen LogP contribution >= 0.6 is 11.6 Å². The Bertz CT molecular complexity index is 357. The average Bonchev–Trinajstić information content (AvgIpc) is 2.19. The summed E-state index contributed by atoms with van der Waals surface area (Å²) in [5.74, 6) is -0.0666. The zero-order valence-electron chi connectivity index (χ0n) is 8.09. The van der Waals surface area contributed by atoms with Gasteiger partial charge in [0.05, 0.1) is 12.2 Å². The van der Waals surface area contributed by atoms with Crippen LogP contribution in [-0.4, -0.2) is 23.3 Å². The number of aliphatic hydroxyl groups excluding tert-OH is 1. The van der Waals surface area contributed by atoms with E-state index in [9.17, 15) is 13.2 Å². The molecule has 0 saturated heterocycles. The van der Waals surface area contributed by atoms with Crippen molar-refractivity contribution in [2.24, 2.45) is 0 Å². The van der Waals surface area contributed by atoms with E-state index in [1.807, 2.05) is 0 Å². The zero-order valence-corrected chi connectivity index (χ0v) is 8.85. The highest BCUT2D eigenvalue weighted by Gasteiger charge is 2.31. The Hall–Kier alpha value is -1.01. The number of aromatic nitrogens is 1. The van der Waals surface area contributed by atoms with Gasteiger partial charge in [0.1, 0.15) is 5.02 Å². The largest absolute Gasteiger partial charge is 0.477 e. The van der Waals surface area contributed by atoms with Crippen LogP contribution in [0.4, 0.5) is 13.2 Å². The second-order valence-electron chi connectivity index (χ2n) is 2.93. The average molecular weight is 256 g/mol. The summed E-state index contributed by atoms with van der Waals surface area (Å²) in [6, 6.07) is 0.753. The SMILES string of the molecule is OCCCOc1ncc(C(F)(F)F)cc1Cl. The second kappa shape index (κ2) is 5.36. The molecule has 1 N–H and O–H groups in total. The van der Waals surface area contributed by atoms with E-state index in [1.54, 1.807) is 0 Å². The third-order valence-electron chi connectivity index (χ3n) is 1.68. The van der Waals surface area contributed by atoms with Gasteiger partial charge in [-0.3, -0.25) is 0 Å². The Morgan fingerprint density at radius 3 is 2.62 bits per heavy atom. The van der Waals surface area contributed by atoms with Crippen LogP contribution in [0.3, 0.4) is 0 Å². The van der Waals surface area contributed by atoms with Crippen LogP contribution in [0, 0.1) is 0 Å². The zero-order chi connectivity index (χ0) is 12.2. The number of ether oxygens (including phenoxy) is 1. The van der Waals surface area contributed by atoms with Crippen LogP contribution in [0.5, 0.6) is 5.88 Å². The topological polar surface area (TPSA) is 42.4 Å². The molecule has 0 radical (unpaired) electrons. The fourth-order valence-electron chi connectivity index (χ4n) is 0.920. The van der Waals surface area contributed by atoms with Crippen molar-refractivity contribution < 1.29 is 23.0 Å². The lowest BCUT2D eigenvalue weighted by Gasteiger charge is -2.09. The highest BCUT2D eigenvalue weighted by Crippen LogP contribution is 2.32.